The quantitative estimate of drug-likeness (QED) is 0.641. The SMILES string of the molecule is Cc1cc([N+](=O)[O-])ccc1NC1CC(C)CCC1C(C)C. The highest BCUT2D eigenvalue weighted by atomic mass is 16.6. The number of aryl methyl sites for hydroxylation is 1. The number of benzene rings is 1. The minimum atomic E-state index is -0.337. The van der Waals surface area contributed by atoms with Crippen molar-refractivity contribution in [3.05, 3.63) is 33.9 Å². The molecular formula is C17H26N2O2. The molecule has 0 heterocycles. The van der Waals surface area contributed by atoms with Crippen molar-refractivity contribution >= 4 is 11.4 Å². The zero-order chi connectivity index (χ0) is 15.6. The van der Waals surface area contributed by atoms with Crippen LogP contribution in [0.25, 0.3) is 0 Å². The van der Waals surface area contributed by atoms with Crippen LogP contribution in [0.15, 0.2) is 18.2 Å². The second kappa shape index (κ2) is 6.46. The number of rotatable bonds is 4. The number of nitrogens with zero attached hydrogens (tertiary/aromatic N) is 1. The molecule has 1 aromatic carbocycles. The summed E-state index contributed by atoms with van der Waals surface area (Å²) in [6, 6.07) is 5.56. The monoisotopic (exact) mass is 290 g/mol. The second-order valence-corrected chi connectivity index (χ2v) is 6.83. The highest BCUT2D eigenvalue weighted by molar-refractivity contribution is 5.56. The van der Waals surface area contributed by atoms with Crippen LogP contribution in [0.3, 0.4) is 0 Å². The lowest BCUT2D eigenvalue weighted by Gasteiger charge is -2.38. The molecule has 2 rings (SSSR count). The van der Waals surface area contributed by atoms with Crippen molar-refractivity contribution in [1.82, 2.24) is 0 Å². The second-order valence-electron chi connectivity index (χ2n) is 6.83. The molecule has 0 saturated heterocycles. The number of hydrogen-bond donors (Lipinski definition) is 1. The molecule has 1 saturated carbocycles. The number of nitrogens with one attached hydrogen (secondary N) is 1. The Labute approximate surface area is 127 Å². The lowest BCUT2D eigenvalue weighted by molar-refractivity contribution is -0.384. The summed E-state index contributed by atoms with van der Waals surface area (Å²) < 4.78 is 0. The standard InChI is InChI=1S/C17H26N2O2/c1-11(2)15-7-5-12(3)9-17(15)18-16-8-6-14(19(20)21)10-13(16)4/h6,8,10-12,15,17-18H,5,7,9H2,1-4H3. The largest absolute Gasteiger partial charge is 0.382 e. The van der Waals surface area contributed by atoms with Gasteiger partial charge in [0.1, 0.15) is 0 Å². The van der Waals surface area contributed by atoms with Crippen LogP contribution in [0.4, 0.5) is 11.4 Å². The first-order valence-corrected chi connectivity index (χ1v) is 7.90. The summed E-state index contributed by atoms with van der Waals surface area (Å²) in [4.78, 5) is 10.5. The summed E-state index contributed by atoms with van der Waals surface area (Å²) >= 11 is 0. The third-order valence-electron chi connectivity index (χ3n) is 4.78. The van der Waals surface area contributed by atoms with Crippen molar-refractivity contribution in [3.8, 4) is 0 Å². The molecule has 0 aliphatic heterocycles. The summed E-state index contributed by atoms with van der Waals surface area (Å²) in [7, 11) is 0. The third kappa shape index (κ3) is 3.74. The average Bonchev–Trinajstić information content (AvgIpc) is 2.40. The minimum absolute atomic E-state index is 0.162. The molecule has 4 nitrogen and oxygen atoms in total. The van der Waals surface area contributed by atoms with Gasteiger partial charge in [0, 0.05) is 23.9 Å². The van der Waals surface area contributed by atoms with Gasteiger partial charge < -0.3 is 5.32 Å². The van der Waals surface area contributed by atoms with Crippen LogP contribution in [0.2, 0.25) is 0 Å². The number of nitro benzene ring substituents is 1. The van der Waals surface area contributed by atoms with Gasteiger partial charge in [-0.05, 0) is 49.1 Å². The van der Waals surface area contributed by atoms with Gasteiger partial charge in [-0.1, -0.05) is 27.2 Å². The van der Waals surface area contributed by atoms with Crippen molar-refractivity contribution in [1.29, 1.82) is 0 Å². The molecule has 0 bridgehead atoms. The van der Waals surface area contributed by atoms with Crippen LogP contribution >= 0.6 is 0 Å². The van der Waals surface area contributed by atoms with Crippen molar-refractivity contribution < 1.29 is 4.92 Å². The Kier molecular flexibility index (Phi) is 4.86. The van der Waals surface area contributed by atoms with E-state index in [-0.39, 0.29) is 10.6 Å². The smallest absolute Gasteiger partial charge is 0.269 e. The molecular weight excluding hydrogens is 264 g/mol. The Hall–Kier alpha value is -1.58. The van der Waals surface area contributed by atoms with Gasteiger partial charge >= 0.3 is 0 Å². The van der Waals surface area contributed by atoms with E-state index in [1.807, 2.05) is 13.0 Å². The number of anilines is 1. The van der Waals surface area contributed by atoms with E-state index in [2.05, 4.69) is 26.1 Å². The van der Waals surface area contributed by atoms with Gasteiger partial charge in [-0.3, -0.25) is 10.1 Å². The van der Waals surface area contributed by atoms with Crippen LogP contribution in [-0.4, -0.2) is 11.0 Å². The predicted molar refractivity (Wildman–Crippen MR) is 86.6 cm³/mol. The Morgan fingerprint density at radius 1 is 1.33 bits per heavy atom. The normalized spacial score (nSPS) is 25.9. The van der Waals surface area contributed by atoms with Crippen LogP contribution in [0, 0.1) is 34.8 Å². The van der Waals surface area contributed by atoms with Gasteiger partial charge in [0.15, 0.2) is 0 Å². The van der Waals surface area contributed by atoms with E-state index in [9.17, 15) is 10.1 Å². The maximum atomic E-state index is 10.8. The first kappa shape index (κ1) is 15.8. The fraction of sp³-hybridized carbons (Fsp3) is 0.647. The topological polar surface area (TPSA) is 55.2 Å². The van der Waals surface area contributed by atoms with E-state index >= 15 is 0 Å². The van der Waals surface area contributed by atoms with Gasteiger partial charge in [-0.25, -0.2) is 0 Å². The molecule has 1 fully saturated rings. The molecule has 1 aliphatic rings. The minimum Gasteiger partial charge on any atom is -0.382 e. The first-order chi connectivity index (χ1) is 9.88. The zero-order valence-corrected chi connectivity index (χ0v) is 13.4. The lowest BCUT2D eigenvalue weighted by Crippen LogP contribution is -2.38. The van der Waals surface area contributed by atoms with Gasteiger partial charge in [-0.15, -0.1) is 0 Å². The Balaban J connectivity index is 2.16. The van der Waals surface area contributed by atoms with Gasteiger partial charge in [0.2, 0.25) is 0 Å². The van der Waals surface area contributed by atoms with Crippen molar-refractivity contribution in [2.24, 2.45) is 17.8 Å². The zero-order valence-electron chi connectivity index (χ0n) is 13.4. The molecule has 116 valence electrons. The maximum Gasteiger partial charge on any atom is 0.269 e. The number of nitro groups is 1. The molecule has 0 spiro atoms. The fourth-order valence-electron chi connectivity index (χ4n) is 3.49. The Morgan fingerprint density at radius 3 is 2.62 bits per heavy atom. The van der Waals surface area contributed by atoms with E-state index in [0.717, 1.165) is 17.2 Å². The molecule has 21 heavy (non-hydrogen) atoms. The first-order valence-electron chi connectivity index (χ1n) is 7.90. The van der Waals surface area contributed by atoms with Crippen LogP contribution in [-0.2, 0) is 0 Å². The molecule has 1 aliphatic carbocycles. The van der Waals surface area contributed by atoms with Gasteiger partial charge in [-0.2, -0.15) is 0 Å². The lowest BCUT2D eigenvalue weighted by atomic mass is 9.74. The summed E-state index contributed by atoms with van der Waals surface area (Å²) in [5.74, 6) is 2.08. The molecule has 0 radical (unpaired) electrons. The Morgan fingerprint density at radius 2 is 2.05 bits per heavy atom. The van der Waals surface area contributed by atoms with E-state index in [1.54, 1.807) is 12.1 Å². The van der Waals surface area contributed by atoms with E-state index in [4.69, 9.17) is 0 Å². The molecule has 1 N–H and O–H groups in total. The highest BCUT2D eigenvalue weighted by Gasteiger charge is 2.30. The van der Waals surface area contributed by atoms with Gasteiger partial charge in [0.05, 0.1) is 4.92 Å². The van der Waals surface area contributed by atoms with Gasteiger partial charge in [0.25, 0.3) is 5.69 Å². The van der Waals surface area contributed by atoms with Crippen molar-refractivity contribution in [2.45, 2.75) is 53.0 Å². The van der Waals surface area contributed by atoms with Crippen LogP contribution in [0.5, 0.6) is 0 Å². The highest BCUT2D eigenvalue weighted by Crippen LogP contribution is 2.36. The summed E-state index contributed by atoms with van der Waals surface area (Å²) in [5.41, 5.74) is 2.14. The predicted octanol–water partition coefficient (Wildman–Crippen LogP) is 4.78. The van der Waals surface area contributed by atoms with E-state index in [0.29, 0.717) is 17.9 Å². The third-order valence-corrected chi connectivity index (χ3v) is 4.78. The molecule has 3 unspecified atom stereocenters. The summed E-state index contributed by atoms with van der Waals surface area (Å²) in [5, 5.41) is 14.5. The number of hydrogen-bond acceptors (Lipinski definition) is 3. The summed E-state index contributed by atoms with van der Waals surface area (Å²) in [6.45, 7) is 8.83. The fourth-order valence-corrected chi connectivity index (χ4v) is 3.49. The van der Waals surface area contributed by atoms with Crippen molar-refractivity contribution in [3.63, 3.8) is 0 Å². The van der Waals surface area contributed by atoms with Crippen molar-refractivity contribution in [2.75, 3.05) is 5.32 Å². The Bertz CT molecular complexity index is 514. The molecule has 0 amide bonds. The molecule has 3 atom stereocenters. The van der Waals surface area contributed by atoms with Crippen LogP contribution in [0.1, 0.15) is 45.6 Å². The maximum absolute atomic E-state index is 10.8. The summed E-state index contributed by atoms with van der Waals surface area (Å²) in [6.07, 6.45) is 3.75. The van der Waals surface area contributed by atoms with E-state index < -0.39 is 0 Å². The molecule has 4 heteroatoms. The molecule has 0 aromatic heterocycles. The van der Waals surface area contributed by atoms with E-state index in [1.165, 1.54) is 19.3 Å². The average molecular weight is 290 g/mol. The van der Waals surface area contributed by atoms with Crippen LogP contribution < -0.4 is 5.32 Å². The number of non-ortho nitro benzene ring substituents is 1. The molecule has 1 aromatic rings.